The molecule has 0 saturated carbocycles. The second-order valence-corrected chi connectivity index (χ2v) is 0.529. The minimum atomic E-state index is 1.64. The van der Waals surface area contributed by atoms with Crippen LogP contribution in [0.5, 0.6) is 0 Å². The Morgan fingerprint density at radius 2 is 1.25 bits per heavy atom. The Bertz CT molecular complexity index is 44.4. The monoisotopic (exact) mass is 50.0 g/mol. The molecule has 0 N–H and O–H groups in total. The van der Waals surface area contributed by atoms with Crippen LogP contribution in [0, 0.1) is 0 Å². The van der Waals surface area contributed by atoms with E-state index in [1.165, 1.54) is 0 Å². The van der Waals surface area contributed by atoms with Gasteiger partial charge in [-0.1, -0.05) is 0 Å². The number of hydrogen-bond acceptors (Lipinski definition) is 2. The molecule has 4 heteroatoms. The molecular weight excluding hydrogens is 49.6 g/mol. The molecule has 0 aliphatic carbocycles. The number of rotatable bonds is 0. The van der Waals surface area contributed by atoms with Gasteiger partial charge in [-0.15, -0.1) is 0 Å². The molecule has 0 amide bonds. The molecule has 0 aromatic carbocycles. The van der Waals surface area contributed by atoms with Crippen molar-refractivity contribution in [2.75, 3.05) is 0 Å². The number of hydrogen-bond donors (Lipinski definition) is 0. The fourth-order valence-electron chi connectivity index (χ4n) is 0.0667. The van der Waals surface area contributed by atoms with Crippen molar-refractivity contribution in [3.63, 3.8) is 0 Å². The Kier molecular flexibility index (Phi) is 0.293. The Labute approximate surface area is 25.1 Å². The SMILES string of the molecule is B1=BN=N1. The summed E-state index contributed by atoms with van der Waals surface area (Å²) in [4.78, 5) is 0. The van der Waals surface area contributed by atoms with Crippen molar-refractivity contribution in [1.29, 1.82) is 0 Å². The van der Waals surface area contributed by atoms with Gasteiger partial charge in [0.15, 0.2) is 0 Å². The predicted octanol–water partition coefficient (Wildman–Crippen LogP) is -0.394. The summed E-state index contributed by atoms with van der Waals surface area (Å²) in [5.74, 6) is 0. The second kappa shape index (κ2) is 0.587. The van der Waals surface area contributed by atoms with Crippen LogP contribution in [0.1, 0.15) is 0 Å². The average Bonchev–Trinajstić information content (AvgIpc) is 0.722. The summed E-state index contributed by atoms with van der Waals surface area (Å²) in [7, 11) is 0. The van der Waals surface area contributed by atoms with Gasteiger partial charge < -0.3 is 0 Å². The van der Waals surface area contributed by atoms with Crippen LogP contribution in [0.15, 0.2) is 10.1 Å². The zero-order chi connectivity index (χ0) is 2.83. The summed E-state index contributed by atoms with van der Waals surface area (Å²) in [6, 6.07) is 0. The molecule has 0 bridgehead atoms. The molecule has 0 saturated heterocycles. The third-order valence-electron chi connectivity index (χ3n) is 0.267. The normalized spacial score (nSPS) is 12.0. The first kappa shape index (κ1) is 2.00. The first-order valence-corrected chi connectivity index (χ1v) is 1.05. The van der Waals surface area contributed by atoms with Gasteiger partial charge in [-0.3, -0.25) is 0 Å². The van der Waals surface area contributed by atoms with Crippen molar-refractivity contribution >= 4 is 13.9 Å². The van der Waals surface area contributed by atoms with Gasteiger partial charge in [0.25, 0.3) is 0 Å². The van der Waals surface area contributed by atoms with Crippen LogP contribution >= 0.6 is 0 Å². The van der Waals surface area contributed by atoms with Crippen LogP contribution in [0.25, 0.3) is 0 Å². The standard InChI is InChI=1S/B2N2/c1-2-4-3-1. The summed E-state index contributed by atoms with van der Waals surface area (Å²) in [6.45, 7) is 3.28. The molecule has 0 fully saturated rings. The fourth-order valence-corrected chi connectivity index (χ4v) is 0.0667. The zero-order valence-corrected chi connectivity index (χ0v) is 2.05. The van der Waals surface area contributed by atoms with Gasteiger partial charge >= 0.3 is 23.9 Å². The molecule has 0 atom stereocenters. The van der Waals surface area contributed by atoms with Crippen LogP contribution in [-0.4, -0.2) is 13.9 Å². The van der Waals surface area contributed by atoms with Crippen LogP contribution < -0.4 is 0 Å². The molecule has 1 aliphatic heterocycles. The Hall–Kier alpha value is -0.270. The quantitative estimate of drug-likeness (QED) is 0.334. The summed E-state index contributed by atoms with van der Waals surface area (Å²) >= 11 is 0. The second-order valence-electron chi connectivity index (χ2n) is 0.529. The Balaban J connectivity index is 2.67. The van der Waals surface area contributed by atoms with Crippen molar-refractivity contribution in [1.82, 2.24) is 0 Å². The van der Waals surface area contributed by atoms with Crippen LogP contribution in [0.4, 0.5) is 0 Å². The molecule has 1 heterocycles. The molecule has 1 aliphatic rings. The molecule has 0 aromatic heterocycles. The van der Waals surface area contributed by atoms with Crippen LogP contribution in [0.2, 0.25) is 0 Å². The van der Waals surface area contributed by atoms with Gasteiger partial charge in [-0.25, -0.2) is 0 Å². The van der Waals surface area contributed by atoms with E-state index < -0.39 is 0 Å². The fraction of sp³-hybridized carbons (Fsp3) is 0. The van der Waals surface area contributed by atoms with Crippen molar-refractivity contribution in [2.24, 2.45) is 10.1 Å². The Morgan fingerprint density at radius 1 is 1.00 bits per heavy atom. The molecule has 16 valence electrons. The van der Waals surface area contributed by atoms with Crippen molar-refractivity contribution in [3.05, 3.63) is 0 Å². The summed E-state index contributed by atoms with van der Waals surface area (Å²) < 4.78 is 0. The van der Waals surface area contributed by atoms with E-state index in [9.17, 15) is 0 Å². The van der Waals surface area contributed by atoms with Gasteiger partial charge in [0.1, 0.15) is 0 Å². The van der Waals surface area contributed by atoms with Crippen molar-refractivity contribution < 1.29 is 0 Å². The molecule has 1 rings (SSSR count). The zero-order valence-electron chi connectivity index (χ0n) is 2.05. The van der Waals surface area contributed by atoms with Gasteiger partial charge in [0.05, 0.1) is 0 Å². The van der Waals surface area contributed by atoms with Gasteiger partial charge in [-0.2, -0.15) is 0 Å². The first-order valence-electron chi connectivity index (χ1n) is 1.05. The van der Waals surface area contributed by atoms with E-state index in [1.807, 2.05) is 0 Å². The molecule has 0 spiro atoms. The third kappa shape index (κ3) is 0.0662. The summed E-state index contributed by atoms with van der Waals surface area (Å²) in [5.41, 5.74) is 0. The van der Waals surface area contributed by atoms with Gasteiger partial charge in [-0.05, 0) is 0 Å². The van der Waals surface area contributed by atoms with E-state index in [2.05, 4.69) is 10.1 Å². The Morgan fingerprint density at radius 3 is 1.25 bits per heavy atom. The van der Waals surface area contributed by atoms with Crippen LogP contribution in [0.3, 0.4) is 0 Å². The third-order valence-corrected chi connectivity index (χ3v) is 0.267. The van der Waals surface area contributed by atoms with Gasteiger partial charge in [0, 0.05) is 0 Å². The van der Waals surface area contributed by atoms with Crippen LogP contribution in [-0.2, 0) is 0 Å². The number of nitrogens with zero attached hydrogens (tertiary/aromatic N) is 2. The summed E-state index contributed by atoms with van der Waals surface area (Å²) in [5, 5.41) is 6.72. The molecule has 4 heavy (non-hydrogen) atoms. The van der Waals surface area contributed by atoms with E-state index in [1.54, 1.807) is 13.9 Å². The molecule has 0 radical (unpaired) electrons. The van der Waals surface area contributed by atoms with Crippen molar-refractivity contribution in [2.45, 2.75) is 0 Å². The van der Waals surface area contributed by atoms with E-state index >= 15 is 0 Å². The first-order chi connectivity index (χ1) is 2.00. The molecule has 0 aromatic rings. The van der Waals surface area contributed by atoms with Gasteiger partial charge in [0.2, 0.25) is 0 Å². The maximum atomic E-state index is 3.36. The average molecular weight is 49.6 g/mol. The van der Waals surface area contributed by atoms with E-state index in [4.69, 9.17) is 0 Å². The van der Waals surface area contributed by atoms with Crippen molar-refractivity contribution in [3.8, 4) is 0 Å². The minimum absolute atomic E-state index is 1.64. The van der Waals surface area contributed by atoms with E-state index in [-0.39, 0.29) is 0 Å². The maximum absolute atomic E-state index is 3.36. The molecular formula is B2N2. The topological polar surface area (TPSA) is 24.7 Å². The van der Waals surface area contributed by atoms with E-state index in [0.717, 1.165) is 0 Å². The molecule has 0 unspecified atom stereocenters. The van der Waals surface area contributed by atoms with E-state index in [0.29, 0.717) is 0 Å². The molecule has 2 nitrogen and oxygen atoms in total. The predicted molar refractivity (Wildman–Crippen MR) is 16.4 cm³/mol. The summed E-state index contributed by atoms with van der Waals surface area (Å²) in [6.07, 6.45) is 0.